The molecule has 1 saturated carbocycles. The number of phenols is 1. The second-order valence-corrected chi connectivity index (χ2v) is 12.0. The van der Waals surface area contributed by atoms with Crippen LogP contribution in [0, 0.1) is 28.9 Å². The van der Waals surface area contributed by atoms with Crippen LogP contribution in [0.2, 0.25) is 0 Å². The number of benzene rings is 2. The van der Waals surface area contributed by atoms with E-state index in [0.717, 1.165) is 6.20 Å². The van der Waals surface area contributed by atoms with E-state index in [4.69, 9.17) is 30.1 Å². The number of nitrogen functional groups attached to an aromatic ring is 1. The van der Waals surface area contributed by atoms with Gasteiger partial charge in [0.15, 0.2) is 17.3 Å². The summed E-state index contributed by atoms with van der Waals surface area (Å²) in [6, 6.07) is 8.53. The van der Waals surface area contributed by atoms with Gasteiger partial charge >= 0.3 is 11.9 Å². The van der Waals surface area contributed by atoms with E-state index in [2.05, 4.69) is 9.98 Å². The first kappa shape index (κ1) is 35.8. The number of aliphatic imine (C=N–C) groups is 1. The van der Waals surface area contributed by atoms with Crippen LogP contribution >= 0.6 is 0 Å². The third kappa shape index (κ3) is 7.56. The second kappa shape index (κ2) is 15.4. The maximum atomic E-state index is 15.8. The van der Waals surface area contributed by atoms with Crippen LogP contribution in [0.3, 0.4) is 0 Å². The number of carbonyl (C=O) groups is 2. The van der Waals surface area contributed by atoms with Crippen molar-refractivity contribution in [3.8, 4) is 28.9 Å². The summed E-state index contributed by atoms with van der Waals surface area (Å²) in [6.07, 6.45) is 2.04. The van der Waals surface area contributed by atoms with Crippen LogP contribution in [0.1, 0.15) is 44.2 Å². The smallest absolute Gasteiger partial charge is 0.311 e. The molecule has 3 aromatic rings. The summed E-state index contributed by atoms with van der Waals surface area (Å²) in [4.78, 5) is 37.9. The Morgan fingerprint density at radius 2 is 1.80 bits per heavy atom. The van der Waals surface area contributed by atoms with Gasteiger partial charge < -0.3 is 39.6 Å². The number of esters is 2. The molecule has 0 bridgehead atoms. The lowest BCUT2D eigenvalue weighted by Crippen LogP contribution is -2.47. The van der Waals surface area contributed by atoms with Crippen LogP contribution in [0.4, 0.5) is 14.5 Å². The molecule has 0 saturated heterocycles. The molecule has 1 aromatic heterocycles. The van der Waals surface area contributed by atoms with Crippen LogP contribution in [0.25, 0.3) is 0 Å². The zero-order valence-electron chi connectivity index (χ0n) is 28.2. The Bertz CT molecular complexity index is 1810. The minimum Gasteiger partial charge on any atom is -0.504 e. The molecule has 15 heteroatoms. The predicted octanol–water partition coefficient (Wildman–Crippen LogP) is 4.97. The van der Waals surface area contributed by atoms with Gasteiger partial charge in [0.2, 0.25) is 11.6 Å². The second-order valence-electron chi connectivity index (χ2n) is 12.0. The predicted molar refractivity (Wildman–Crippen MR) is 180 cm³/mol. The van der Waals surface area contributed by atoms with Gasteiger partial charge in [-0.05, 0) is 69.5 Å². The lowest BCUT2D eigenvalue weighted by Gasteiger charge is -2.40. The van der Waals surface area contributed by atoms with Crippen molar-refractivity contribution in [1.29, 1.82) is 5.41 Å². The number of carbonyl (C=O) groups excluding carboxylic acids is 2. The Morgan fingerprint density at radius 3 is 2.48 bits per heavy atom. The molecule has 266 valence electrons. The fraction of sp³-hybridized carbons (Fsp3) is 0.400. The number of halogens is 2. The number of anilines is 1. The Labute approximate surface area is 288 Å². The van der Waals surface area contributed by atoms with Gasteiger partial charge in [0, 0.05) is 37.9 Å². The summed E-state index contributed by atoms with van der Waals surface area (Å²) in [5.41, 5.74) is 6.84. The molecule has 4 N–H and O–H groups in total. The van der Waals surface area contributed by atoms with Gasteiger partial charge in [-0.15, -0.1) is 0 Å². The van der Waals surface area contributed by atoms with Gasteiger partial charge in [-0.2, -0.15) is 4.39 Å². The van der Waals surface area contributed by atoms with Crippen molar-refractivity contribution in [1.82, 2.24) is 9.88 Å². The van der Waals surface area contributed by atoms with Crippen LogP contribution < -0.4 is 20.1 Å². The van der Waals surface area contributed by atoms with Crippen LogP contribution in [-0.4, -0.2) is 85.0 Å². The van der Waals surface area contributed by atoms with E-state index >= 15 is 8.78 Å². The number of rotatable bonds is 12. The molecule has 13 nitrogen and oxygen atoms in total. The van der Waals surface area contributed by atoms with E-state index in [1.807, 2.05) is 23.9 Å². The number of phenolic OH excluding ortho intramolecular Hbond substituents is 1. The standard InChI is InChI=1S/C35H40F2N6O7/c1-5-47-34(45)20-7-10-25(22(15-20)35(46)48-6-2)43(4)21-9-12-27(23(17-21)32-40-13-14-42(32)3)49-30-24(36)18-41-33(29(30)37)50-28-16-19(31(38)39)8-11-26(28)44/h8-9,11-12,16-18,20,22,25,44H,5-7,10,13-15H2,1-4H3,(H3,38,39). The molecule has 0 spiro atoms. The third-order valence-electron chi connectivity index (χ3n) is 8.78. The quantitative estimate of drug-likeness (QED) is 0.133. The fourth-order valence-electron chi connectivity index (χ4n) is 6.19. The molecule has 5 rings (SSSR count). The maximum absolute atomic E-state index is 15.8. The van der Waals surface area contributed by atoms with Gasteiger partial charge in [0.05, 0.1) is 43.4 Å². The number of aromatic nitrogens is 1. The molecule has 50 heavy (non-hydrogen) atoms. The zero-order valence-corrected chi connectivity index (χ0v) is 28.2. The molecular formula is C35H40F2N6O7. The number of ether oxygens (including phenoxy) is 4. The summed E-state index contributed by atoms with van der Waals surface area (Å²) in [6.45, 7) is 5.01. The highest BCUT2D eigenvalue weighted by Gasteiger charge is 2.41. The lowest BCUT2D eigenvalue weighted by atomic mass is 9.77. The molecule has 1 aliphatic carbocycles. The first-order valence-corrected chi connectivity index (χ1v) is 16.3. The Kier molecular flexibility index (Phi) is 11.0. The van der Waals surface area contributed by atoms with Gasteiger partial charge in [-0.25, -0.2) is 9.37 Å². The lowest BCUT2D eigenvalue weighted by molar-refractivity contribution is -0.155. The van der Waals surface area contributed by atoms with E-state index in [9.17, 15) is 14.7 Å². The summed E-state index contributed by atoms with van der Waals surface area (Å²) in [5, 5.41) is 17.9. The summed E-state index contributed by atoms with van der Waals surface area (Å²) < 4.78 is 53.0. The number of amidine groups is 2. The third-order valence-corrected chi connectivity index (χ3v) is 8.78. The van der Waals surface area contributed by atoms with Crippen LogP contribution in [0.15, 0.2) is 47.6 Å². The van der Waals surface area contributed by atoms with Crippen molar-refractivity contribution in [3.63, 3.8) is 0 Å². The highest BCUT2D eigenvalue weighted by Crippen LogP contribution is 2.40. The molecule has 3 atom stereocenters. The molecule has 2 aromatic carbocycles. The normalized spacial score (nSPS) is 18.6. The number of hydrogen-bond acceptors (Lipinski definition) is 12. The van der Waals surface area contributed by atoms with Crippen molar-refractivity contribution >= 4 is 29.3 Å². The van der Waals surface area contributed by atoms with E-state index in [1.54, 1.807) is 32.0 Å². The summed E-state index contributed by atoms with van der Waals surface area (Å²) in [5.74, 6) is -5.99. The number of nitrogens with two attached hydrogens (primary N) is 1. The number of hydrogen-bond donors (Lipinski definition) is 3. The highest BCUT2D eigenvalue weighted by molar-refractivity contribution is 6.03. The largest absolute Gasteiger partial charge is 0.504 e. The van der Waals surface area contributed by atoms with Crippen molar-refractivity contribution in [2.75, 3.05) is 45.3 Å². The molecular weight excluding hydrogens is 654 g/mol. The van der Waals surface area contributed by atoms with E-state index < -0.39 is 41.1 Å². The summed E-state index contributed by atoms with van der Waals surface area (Å²) in [7, 11) is 3.67. The van der Waals surface area contributed by atoms with Crippen LogP contribution in [-0.2, 0) is 19.1 Å². The van der Waals surface area contributed by atoms with Crippen molar-refractivity contribution in [2.45, 2.75) is 39.2 Å². The number of nitrogens with one attached hydrogen (secondary N) is 1. The average molecular weight is 695 g/mol. The first-order valence-electron chi connectivity index (χ1n) is 16.3. The Hall–Kier alpha value is -5.47. The molecule has 1 aliphatic heterocycles. The Morgan fingerprint density at radius 1 is 1.06 bits per heavy atom. The zero-order chi connectivity index (χ0) is 36.1. The minimum absolute atomic E-state index is 0.0824. The number of aromatic hydroxyl groups is 1. The molecule has 2 aliphatic rings. The molecule has 2 heterocycles. The number of likely N-dealkylation sites (N-methyl/N-ethyl adjacent to an activating group) is 1. The monoisotopic (exact) mass is 694 g/mol. The Balaban J connectivity index is 1.48. The fourth-order valence-corrected chi connectivity index (χ4v) is 6.19. The van der Waals surface area contributed by atoms with Crippen molar-refractivity contribution < 1.29 is 42.4 Å². The number of pyridine rings is 1. The molecule has 0 radical (unpaired) electrons. The first-order chi connectivity index (χ1) is 23.9. The molecule has 0 amide bonds. The van der Waals surface area contributed by atoms with Crippen molar-refractivity contribution in [3.05, 3.63) is 65.4 Å². The SMILES string of the molecule is CCOC(=O)C1CCC(N(C)c2ccc(Oc3c(F)cnc(Oc4cc(C(=N)N)ccc4O)c3F)c(C3=NCCN3C)c2)C(C(=O)OCC)C1. The highest BCUT2D eigenvalue weighted by atomic mass is 19.1. The van der Waals surface area contributed by atoms with Gasteiger partial charge in [-0.3, -0.25) is 20.0 Å². The van der Waals surface area contributed by atoms with E-state index in [1.165, 1.54) is 18.2 Å². The van der Waals surface area contributed by atoms with Gasteiger partial charge in [0.1, 0.15) is 17.4 Å². The topological polar surface area (TPSA) is 173 Å². The summed E-state index contributed by atoms with van der Waals surface area (Å²) >= 11 is 0. The van der Waals surface area contributed by atoms with Crippen molar-refractivity contribution in [2.24, 2.45) is 22.6 Å². The van der Waals surface area contributed by atoms with E-state index in [-0.39, 0.29) is 60.3 Å². The van der Waals surface area contributed by atoms with Gasteiger partial charge in [-0.1, -0.05) is 0 Å². The maximum Gasteiger partial charge on any atom is 0.311 e. The van der Waals surface area contributed by atoms with E-state index in [0.29, 0.717) is 43.0 Å². The minimum atomic E-state index is -1.28. The number of nitrogens with zero attached hydrogens (tertiary/aromatic N) is 4. The van der Waals surface area contributed by atoms with Crippen LogP contribution in [0.5, 0.6) is 28.9 Å². The molecule has 1 fully saturated rings. The van der Waals surface area contributed by atoms with Gasteiger partial charge in [0.25, 0.3) is 5.88 Å². The molecule has 3 unspecified atom stereocenters. The average Bonchev–Trinajstić information content (AvgIpc) is 3.53.